The average Bonchev–Trinajstić information content (AvgIpc) is 3.05. The second-order valence-corrected chi connectivity index (χ2v) is 8.58. The molecule has 0 atom stereocenters. The Kier molecular flexibility index (Phi) is 4.86. The molecule has 2 aliphatic rings. The highest BCUT2D eigenvalue weighted by Gasteiger charge is 2.35. The maximum absolute atomic E-state index is 12.5. The number of aryl methyl sites for hydroxylation is 1. The van der Waals surface area contributed by atoms with E-state index in [9.17, 15) is 4.79 Å². The number of carbonyl (C=O) groups is 1. The lowest BCUT2D eigenvalue weighted by atomic mass is 9.95. The van der Waals surface area contributed by atoms with E-state index in [0.717, 1.165) is 62.0 Å². The van der Waals surface area contributed by atoms with Crippen LogP contribution in [0.2, 0.25) is 0 Å². The molecular weight excluding hydrogens is 356 g/mol. The summed E-state index contributed by atoms with van der Waals surface area (Å²) >= 11 is 0. The molecule has 3 N–H and O–H groups in total. The van der Waals surface area contributed by atoms with Crippen molar-refractivity contribution in [2.75, 3.05) is 31.5 Å². The van der Waals surface area contributed by atoms with Gasteiger partial charge in [-0.1, -0.05) is 13.8 Å². The molecule has 0 saturated carbocycles. The van der Waals surface area contributed by atoms with Gasteiger partial charge in [-0.15, -0.1) is 0 Å². The Morgan fingerprint density at radius 2 is 2.00 bits per heavy atom. The zero-order valence-corrected chi connectivity index (χ0v) is 17.1. The van der Waals surface area contributed by atoms with Crippen LogP contribution in [0.5, 0.6) is 0 Å². The van der Waals surface area contributed by atoms with Gasteiger partial charge in [-0.2, -0.15) is 14.6 Å². The molecule has 2 aliphatic heterocycles. The van der Waals surface area contributed by atoms with Crippen molar-refractivity contribution in [2.45, 2.75) is 58.0 Å². The molecule has 9 heteroatoms. The Morgan fingerprint density at radius 3 is 2.61 bits per heavy atom. The molecule has 0 bridgehead atoms. The number of nitrogens with one attached hydrogen (secondary N) is 3. The van der Waals surface area contributed by atoms with Gasteiger partial charge in [0.2, 0.25) is 5.95 Å². The summed E-state index contributed by atoms with van der Waals surface area (Å²) in [4.78, 5) is 23.5. The number of hydrogen-bond acceptors (Lipinski definition) is 6. The average molecular weight is 387 g/mol. The Labute approximate surface area is 165 Å². The Hall–Kier alpha value is -2.42. The molecule has 2 saturated heterocycles. The van der Waals surface area contributed by atoms with Crippen molar-refractivity contribution in [1.82, 2.24) is 35.1 Å². The van der Waals surface area contributed by atoms with Crippen LogP contribution in [0, 0.1) is 6.92 Å². The number of nitrogens with zero attached hydrogens (tertiary/aromatic N) is 5. The predicted octanol–water partition coefficient (Wildman–Crippen LogP) is 1.50. The Balaban J connectivity index is 1.40. The van der Waals surface area contributed by atoms with Crippen molar-refractivity contribution in [1.29, 1.82) is 0 Å². The molecular formula is C19H30N8O. The minimum atomic E-state index is -0.107. The summed E-state index contributed by atoms with van der Waals surface area (Å²) in [5.74, 6) is 1.82. The molecule has 4 heterocycles. The number of hydrogen-bond donors (Lipinski definition) is 3. The Morgan fingerprint density at radius 1 is 1.29 bits per heavy atom. The number of urea groups is 1. The fourth-order valence-electron chi connectivity index (χ4n) is 3.84. The molecule has 2 fully saturated rings. The molecule has 0 aliphatic carbocycles. The molecule has 0 aromatic carbocycles. The van der Waals surface area contributed by atoms with Crippen molar-refractivity contribution in [3.05, 3.63) is 17.6 Å². The molecule has 2 aromatic heterocycles. The van der Waals surface area contributed by atoms with Crippen LogP contribution in [0.3, 0.4) is 0 Å². The van der Waals surface area contributed by atoms with E-state index in [1.54, 1.807) is 4.52 Å². The van der Waals surface area contributed by atoms with Gasteiger partial charge in [0.1, 0.15) is 5.82 Å². The topological polar surface area (TPSA) is 99.5 Å². The highest BCUT2D eigenvalue weighted by atomic mass is 16.2. The van der Waals surface area contributed by atoms with Crippen LogP contribution in [-0.2, 0) is 0 Å². The number of aromatic nitrogens is 4. The second kappa shape index (κ2) is 7.20. The minimum absolute atomic E-state index is 0.0383. The van der Waals surface area contributed by atoms with Gasteiger partial charge in [0, 0.05) is 37.8 Å². The third kappa shape index (κ3) is 3.63. The fraction of sp³-hybridized carbons (Fsp3) is 0.684. The van der Waals surface area contributed by atoms with E-state index in [1.165, 1.54) is 0 Å². The predicted molar refractivity (Wildman–Crippen MR) is 108 cm³/mol. The van der Waals surface area contributed by atoms with Crippen LogP contribution < -0.4 is 16.0 Å². The second-order valence-electron chi connectivity index (χ2n) is 8.58. The maximum atomic E-state index is 12.5. The third-order valence-electron chi connectivity index (χ3n) is 5.68. The number of rotatable bonds is 4. The zero-order valence-electron chi connectivity index (χ0n) is 17.1. The lowest BCUT2D eigenvalue weighted by molar-refractivity contribution is 0.158. The van der Waals surface area contributed by atoms with Crippen LogP contribution in [0.15, 0.2) is 6.20 Å². The maximum Gasteiger partial charge on any atom is 0.317 e. The van der Waals surface area contributed by atoms with Crippen molar-refractivity contribution >= 4 is 17.6 Å². The number of likely N-dealkylation sites (tertiary alicyclic amines) is 1. The largest absolute Gasteiger partial charge is 0.351 e. The minimum Gasteiger partial charge on any atom is -0.351 e. The summed E-state index contributed by atoms with van der Waals surface area (Å²) in [6.45, 7) is 11.4. The van der Waals surface area contributed by atoms with Gasteiger partial charge in [-0.05, 0) is 32.6 Å². The number of amides is 2. The molecule has 9 nitrogen and oxygen atoms in total. The lowest BCUT2D eigenvalue weighted by Gasteiger charge is -2.42. The normalized spacial score (nSPS) is 19.7. The van der Waals surface area contributed by atoms with Gasteiger partial charge in [0.15, 0.2) is 5.65 Å². The quantitative estimate of drug-likeness (QED) is 0.737. The van der Waals surface area contributed by atoms with Crippen molar-refractivity contribution in [3.8, 4) is 0 Å². The first kappa shape index (κ1) is 18.9. The summed E-state index contributed by atoms with van der Waals surface area (Å²) in [5.41, 5.74) is 1.88. The molecule has 0 spiro atoms. The van der Waals surface area contributed by atoms with Crippen LogP contribution in [-0.4, -0.2) is 68.3 Å². The van der Waals surface area contributed by atoms with Gasteiger partial charge in [0.05, 0.1) is 11.7 Å². The highest BCUT2D eigenvalue weighted by Crippen LogP contribution is 2.22. The summed E-state index contributed by atoms with van der Waals surface area (Å²) in [6, 6.07) is 0.297. The standard InChI is InChI=1S/C19H30N8O/c1-12(2)15-9-21-27-16(15)22-13(3)23-17(27)24-14-5-7-26(8-6-14)18(28)25-19(4)10-20-11-19/h9,12,14,20H,5-8,10-11H2,1-4H3,(H,25,28)(H,22,23,24). The lowest BCUT2D eigenvalue weighted by Crippen LogP contribution is -2.68. The molecule has 0 radical (unpaired) electrons. The summed E-state index contributed by atoms with van der Waals surface area (Å²) in [7, 11) is 0. The van der Waals surface area contributed by atoms with Gasteiger partial charge < -0.3 is 20.9 Å². The van der Waals surface area contributed by atoms with Gasteiger partial charge >= 0.3 is 6.03 Å². The first-order valence-electron chi connectivity index (χ1n) is 10.1. The van der Waals surface area contributed by atoms with Crippen LogP contribution in [0.1, 0.15) is 50.9 Å². The van der Waals surface area contributed by atoms with E-state index < -0.39 is 0 Å². The summed E-state index contributed by atoms with van der Waals surface area (Å²) in [6.07, 6.45) is 3.64. The summed E-state index contributed by atoms with van der Waals surface area (Å²) < 4.78 is 1.80. The van der Waals surface area contributed by atoms with Gasteiger partial charge in [-0.3, -0.25) is 0 Å². The molecule has 28 heavy (non-hydrogen) atoms. The third-order valence-corrected chi connectivity index (χ3v) is 5.68. The highest BCUT2D eigenvalue weighted by molar-refractivity contribution is 5.75. The van der Waals surface area contributed by atoms with E-state index in [1.807, 2.05) is 18.0 Å². The van der Waals surface area contributed by atoms with E-state index in [-0.39, 0.29) is 17.6 Å². The van der Waals surface area contributed by atoms with E-state index in [2.05, 4.69) is 51.8 Å². The van der Waals surface area contributed by atoms with E-state index in [0.29, 0.717) is 5.92 Å². The zero-order chi connectivity index (χ0) is 19.9. The number of carbonyl (C=O) groups excluding carboxylic acids is 1. The van der Waals surface area contributed by atoms with Gasteiger partial charge in [-0.25, -0.2) is 9.78 Å². The molecule has 2 amide bonds. The van der Waals surface area contributed by atoms with Crippen molar-refractivity contribution < 1.29 is 4.79 Å². The number of piperidine rings is 1. The Bertz CT molecular complexity index is 864. The van der Waals surface area contributed by atoms with Crippen LogP contribution in [0.4, 0.5) is 10.7 Å². The molecule has 4 rings (SSSR count). The van der Waals surface area contributed by atoms with E-state index in [4.69, 9.17) is 0 Å². The summed E-state index contributed by atoms with van der Waals surface area (Å²) in [5, 5.41) is 14.4. The fourth-order valence-corrected chi connectivity index (χ4v) is 3.84. The smallest absolute Gasteiger partial charge is 0.317 e. The molecule has 152 valence electrons. The first-order valence-corrected chi connectivity index (χ1v) is 10.1. The first-order chi connectivity index (χ1) is 13.3. The van der Waals surface area contributed by atoms with E-state index >= 15 is 0 Å². The van der Waals surface area contributed by atoms with Crippen LogP contribution in [0.25, 0.3) is 5.65 Å². The number of anilines is 1. The van der Waals surface area contributed by atoms with Crippen LogP contribution >= 0.6 is 0 Å². The number of fused-ring (bicyclic) bond motifs is 1. The van der Waals surface area contributed by atoms with Gasteiger partial charge in [0.25, 0.3) is 0 Å². The molecule has 2 aromatic rings. The van der Waals surface area contributed by atoms with Crippen molar-refractivity contribution in [2.24, 2.45) is 0 Å². The van der Waals surface area contributed by atoms with Crippen molar-refractivity contribution in [3.63, 3.8) is 0 Å². The SMILES string of the molecule is Cc1nc(NC2CCN(C(=O)NC3(C)CNC3)CC2)n2ncc(C(C)C)c2n1. The monoisotopic (exact) mass is 386 g/mol. The molecule has 0 unspecified atom stereocenters.